The highest BCUT2D eigenvalue weighted by Gasteiger charge is 2.10. The van der Waals surface area contributed by atoms with Crippen LogP contribution in [-0.4, -0.2) is 57.7 Å². The summed E-state index contributed by atoms with van der Waals surface area (Å²) in [6, 6.07) is 8.15. The summed E-state index contributed by atoms with van der Waals surface area (Å²) < 4.78 is 5.38. The van der Waals surface area contributed by atoms with Crippen molar-refractivity contribution in [3.05, 3.63) is 29.8 Å². The molecule has 5 heteroatoms. The SMILES string of the molecule is CN=C(NCCCN1CCCC1)NCCc1ccccc1OC. The first-order chi connectivity index (χ1) is 11.3. The van der Waals surface area contributed by atoms with Crippen LogP contribution in [0.15, 0.2) is 29.3 Å². The summed E-state index contributed by atoms with van der Waals surface area (Å²) in [6.45, 7) is 5.53. The molecule has 1 aromatic carbocycles. The predicted octanol–water partition coefficient (Wildman–Crippen LogP) is 1.89. The topological polar surface area (TPSA) is 48.9 Å². The van der Waals surface area contributed by atoms with E-state index in [1.54, 1.807) is 7.11 Å². The molecule has 1 fully saturated rings. The summed E-state index contributed by atoms with van der Waals surface area (Å²) in [5, 5.41) is 6.76. The van der Waals surface area contributed by atoms with Gasteiger partial charge in [0.15, 0.2) is 5.96 Å². The van der Waals surface area contributed by atoms with E-state index in [9.17, 15) is 0 Å². The molecule has 1 saturated heterocycles. The van der Waals surface area contributed by atoms with Gasteiger partial charge in [-0.2, -0.15) is 0 Å². The van der Waals surface area contributed by atoms with Crippen LogP contribution >= 0.6 is 0 Å². The Bertz CT molecular complexity index is 484. The van der Waals surface area contributed by atoms with Crippen LogP contribution < -0.4 is 15.4 Å². The number of nitrogens with zero attached hydrogens (tertiary/aromatic N) is 2. The summed E-state index contributed by atoms with van der Waals surface area (Å²) in [5.41, 5.74) is 1.21. The fourth-order valence-corrected chi connectivity index (χ4v) is 2.96. The Morgan fingerprint density at radius 2 is 1.91 bits per heavy atom. The first-order valence-electron chi connectivity index (χ1n) is 8.62. The average molecular weight is 318 g/mol. The lowest BCUT2D eigenvalue weighted by Gasteiger charge is -2.16. The largest absolute Gasteiger partial charge is 0.496 e. The fourth-order valence-electron chi connectivity index (χ4n) is 2.96. The van der Waals surface area contributed by atoms with Gasteiger partial charge in [-0.1, -0.05) is 18.2 Å². The number of rotatable bonds is 8. The van der Waals surface area contributed by atoms with Gasteiger partial charge < -0.3 is 20.3 Å². The van der Waals surface area contributed by atoms with Crippen molar-refractivity contribution in [2.75, 3.05) is 46.9 Å². The number of nitrogens with one attached hydrogen (secondary N) is 2. The van der Waals surface area contributed by atoms with E-state index in [0.29, 0.717) is 0 Å². The number of hydrogen-bond donors (Lipinski definition) is 2. The van der Waals surface area contributed by atoms with Crippen LogP contribution in [0, 0.1) is 0 Å². The lowest BCUT2D eigenvalue weighted by atomic mass is 10.1. The van der Waals surface area contributed by atoms with Gasteiger partial charge in [0.05, 0.1) is 7.11 Å². The molecular weight excluding hydrogens is 288 g/mol. The highest BCUT2D eigenvalue weighted by atomic mass is 16.5. The smallest absolute Gasteiger partial charge is 0.190 e. The molecule has 0 unspecified atom stereocenters. The van der Waals surface area contributed by atoms with E-state index in [0.717, 1.165) is 37.6 Å². The van der Waals surface area contributed by atoms with Gasteiger partial charge in [0, 0.05) is 20.1 Å². The van der Waals surface area contributed by atoms with Gasteiger partial charge in [-0.3, -0.25) is 4.99 Å². The van der Waals surface area contributed by atoms with Crippen molar-refractivity contribution in [1.29, 1.82) is 0 Å². The van der Waals surface area contributed by atoms with Crippen molar-refractivity contribution in [2.45, 2.75) is 25.7 Å². The van der Waals surface area contributed by atoms with Gasteiger partial charge in [-0.15, -0.1) is 0 Å². The molecular formula is C18H30N4O. The Hall–Kier alpha value is -1.75. The molecule has 0 aromatic heterocycles. The third kappa shape index (κ3) is 6.10. The molecule has 1 aliphatic rings. The number of aliphatic imine (C=N–C) groups is 1. The normalized spacial score (nSPS) is 15.7. The van der Waals surface area contributed by atoms with Crippen molar-refractivity contribution in [2.24, 2.45) is 4.99 Å². The molecule has 0 atom stereocenters. The van der Waals surface area contributed by atoms with Crippen molar-refractivity contribution in [3.8, 4) is 5.75 Å². The molecule has 0 saturated carbocycles. The van der Waals surface area contributed by atoms with Crippen molar-refractivity contribution in [1.82, 2.24) is 15.5 Å². The van der Waals surface area contributed by atoms with E-state index in [2.05, 4.69) is 26.6 Å². The van der Waals surface area contributed by atoms with Gasteiger partial charge in [0.2, 0.25) is 0 Å². The maximum absolute atomic E-state index is 5.38. The zero-order valence-electron chi connectivity index (χ0n) is 14.5. The zero-order chi connectivity index (χ0) is 16.3. The van der Waals surface area contributed by atoms with Crippen LogP contribution in [0.25, 0.3) is 0 Å². The molecule has 1 aliphatic heterocycles. The van der Waals surface area contributed by atoms with E-state index in [4.69, 9.17) is 4.74 Å². The first-order valence-corrected chi connectivity index (χ1v) is 8.62. The van der Waals surface area contributed by atoms with Crippen LogP contribution in [0.3, 0.4) is 0 Å². The Kier molecular flexibility index (Phi) is 7.73. The molecule has 1 heterocycles. The number of likely N-dealkylation sites (tertiary alicyclic amines) is 1. The van der Waals surface area contributed by atoms with Gasteiger partial charge >= 0.3 is 0 Å². The molecule has 0 amide bonds. The average Bonchev–Trinajstić information content (AvgIpc) is 3.10. The Labute approximate surface area is 140 Å². The van der Waals surface area contributed by atoms with Crippen molar-refractivity contribution < 1.29 is 4.74 Å². The van der Waals surface area contributed by atoms with Crippen LogP contribution in [0.4, 0.5) is 0 Å². The quantitative estimate of drug-likeness (QED) is 0.437. The van der Waals surface area contributed by atoms with E-state index in [1.165, 1.54) is 38.0 Å². The van der Waals surface area contributed by atoms with Crippen molar-refractivity contribution >= 4 is 5.96 Å². The first kappa shape index (κ1) is 17.6. The number of methoxy groups -OCH3 is 1. The monoisotopic (exact) mass is 318 g/mol. The van der Waals surface area contributed by atoms with Gasteiger partial charge in [0.1, 0.15) is 5.75 Å². The summed E-state index contributed by atoms with van der Waals surface area (Å²) in [4.78, 5) is 6.82. The lowest BCUT2D eigenvalue weighted by molar-refractivity contribution is 0.334. The van der Waals surface area contributed by atoms with Crippen LogP contribution in [0.2, 0.25) is 0 Å². The standard InChI is InChI=1S/C18H30N4O/c1-19-18(20-11-7-15-22-13-5-6-14-22)21-12-10-16-8-3-4-9-17(16)23-2/h3-4,8-9H,5-7,10-15H2,1-2H3,(H2,19,20,21). The van der Waals surface area contributed by atoms with Gasteiger partial charge in [-0.25, -0.2) is 0 Å². The minimum absolute atomic E-state index is 0.839. The maximum atomic E-state index is 5.38. The zero-order valence-corrected chi connectivity index (χ0v) is 14.5. The molecule has 128 valence electrons. The predicted molar refractivity (Wildman–Crippen MR) is 96.4 cm³/mol. The van der Waals surface area contributed by atoms with Gasteiger partial charge in [0.25, 0.3) is 0 Å². The lowest BCUT2D eigenvalue weighted by Crippen LogP contribution is -2.39. The number of para-hydroxylation sites is 1. The second-order valence-electron chi connectivity index (χ2n) is 5.89. The Morgan fingerprint density at radius 1 is 1.17 bits per heavy atom. The number of benzene rings is 1. The summed E-state index contributed by atoms with van der Waals surface area (Å²) in [7, 11) is 3.53. The highest BCUT2D eigenvalue weighted by molar-refractivity contribution is 5.79. The minimum Gasteiger partial charge on any atom is -0.496 e. The second kappa shape index (κ2) is 10.1. The second-order valence-corrected chi connectivity index (χ2v) is 5.89. The Morgan fingerprint density at radius 3 is 2.65 bits per heavy atom. The molecule has 0 bridgehead atoms. The van der Waals surface area contributed by atoms with Crippen LogP contribution in [0.1, 0.15) is 24.8 Å². The third-order valence-corrected chi connectivity index (χ3v) is 4.25. The molecule has 0 spiro atoms. The van der Waals surface area contributed by atoms with E-state index < -0.39 is 0 Å². The molecule has 0 aliphatic carbocycles. The summed E-state index contributed by atoms with van der Waals surface area (Å²) >= 11 is 0. The van der Waals surface area contributed by atoms with E-state index in [1.807, 2.05) is 25.2 Å². The molecule has 1 aromatic rings. The maximum Gasteiger partial charge on any atom is 0.190 e. The number of ether oxygens (including phenoxy) is 1. The summed E-state index contributed by atoms with van der Waals surface area (Å²) in [5.74, 6) is 1.82. The molecule has 23 heavy (non-hydrogen) atoms. The van der Waals surface area contributed by atoms with Gasteiger partial charge in [-0.05, 0) is 56.9 Å². The van der Waals surface area contributed by atoms with Crippen molar-refractivity contribution in [3.63, 3.8) is 0 Å². The molecule has 0 radical (unpaired) electrons. The molecule has 2 rings (SSSR count). The van der Waals surface area contributed by atoms with Crippen LogP contribution in [0.5, 0.6) is 5.75 Å². The number of guanidine groups is 1. The molecule has 2 N–H and O–H groups in total. The fraction of sp³-hybridized carbons (Fsp3) is 0.611. The van der Waals surface area contributed by atoms with Crippen LogP contribution in [-0.2, 0) is 6.42 Å². The highest BCUT2D eigenvalue weighted by Crippen LogP contribution is 2.17. The minimum atomic E-state index is 0.839. The third-order valence-electron chi connectivity index (χ3n) is 4.25. The van der Waals surface area contributed by atoms with E-state index >= 15 is 0 Å². The Balaban J connectivity index is 1.62. The summed E-state index contributed by atoms with van der Waals surface area (Å²) in [6.07, 6.45) is 4.80. The van der Waals surface area contributed by atoms with E-state index in [-0.39, 0.29) is 0 Å². The number of hydrogen-bond acceptors (Lipinski definition) is 3. The molecule has 5 nitrogen and oxygen atoms in total.